The standard InChI is InChI=1S/C12H16F3N3O2S/c13-12(14,15)10-9(11(19)16-3-5-21)6-17-18(10)8-2-1-4-20-7-8/h6,8,21H,1-5,7H2,(H,16,19). The monoisotopic (exact) mass is 323 g/mol. The molecule has 1 aromatic rings. The second-order valence-electron chi connectivity index (χ2n) is 4.70. The molecule has 1 atom stereocenters. The molecule has 1 fully saturated rings. The number of carbonyl (C=O) groups excluding carboxylic acids is 1. The topological polar surface area (TPSA) is 56.2 Å². The molecule has 118 valence electrons. The predicted octanol–water partition coefficient (Wildman–Crippen LogP) is 1.91. The molecule has 0 aromatic carbocycles. The second-order valence-corrected chi connectivity index (χ2v) is 5.15. The van der Waals surface area contributed by atoms with Crippen molar-refractivity contribution in [2.45, 2.75) is 25.1 Å². The smallest absolute Gasteiger partial charge is 0.379 e. The number of nitrogens with zero attached hydrogens (tertiary/aromatic N) is 2. The maximum absolute atomic E-state index is 13.3. The summed E-state index contributed by atoms with van der Waals surface area (Å²) in [5.74, 6) is -0.447. The van der Waals surface area contributed by atoms with Crippen molar-refractivity contribution in [2.75, 3.05) is 25.5 Å². The first kappa shape index (κ1) is 16.2. The zero-order chi connectivity index (χ0) is 15.5. The Hall–Kier alpha value is -1.22. The van der Waals surface area contributed by atoms with Crippen LogP contribution < -0.4 is 5.32 Å². The number of carbonyl (C=O) groups is 1. The fourth-order valence-electron chi connectivity index (χ4n) is 2.27. The Kier molecular flexibility index (Phi) is 5.15. The molecule has 0 saturated carbocycles. The average Bonchev–Trinajstić information content (AvgIpc) is 2.90. The van der Waals surface area contributed by atoms with Gasteiger partial charge in [-0.15, -0.1) is 0 Å². The molecule has 9 heteroatoms. The highest BCUT2D eigenvalue weighted by Crippen LogP contribution is 2.35. The van der Waals surface area contributed by atoms with E-state index in [1.807, 2.05) is 0 Å². The third kappa shape index (κ3) is 3.70. The van der Waals surface area contributed by atoms with Gasteiger partial charge in [0, 0.05) is 18.9 Å². The normalized spacial score (nSPS) is 19.5. The number of hydrogen-bond acceptors (Lipinski definition) is 4. The van der Waals surface area contributed by atoms with E-state index in [0.717, 1.165) is 10.9 Å². The van der Waals surface area contributed by atoms with Gasteiger partial charge in [-0.05, 0) is 12.8 Å². The van der Waals surface area contributed by atoms with Gasteiger partial charge in [0.15, 0.2) is 5.69 Å². The van der Waals surface area contributed by atoms with Crippen LogP contribution in [0.3, 0.4) is 0 Å². The van der Waals surface area contributed by atoms with E-state index in [9.17, 15) is 18.0 Å². The maximum atomic E-state index is 13.3. The summed E-state index contributed by atoms with van der Waals surface area (Å²) in [7, 11) is 0. The summed E-state index contributed by atoms with van der Waals surface area (Å²) >= 11 is 3.90. The Labute approximate surface area is 125 Å². The lowest BCUT2D eigenvalue weighted by Gasteiger charge is -2.25. The fraction of sp³-hybridized carbons (Fsp3) is 0.667. The van der Waals surface area contributed by atoms with Crippen LogP contribution in [0.2, 0.25) is 0 Å². The molecule has 5 nitrogen and oxygen atoms in total. The van der Waals surface area contributed by atoms with E-state index in [-0.39, 0.29) is 13.2 Å². The van der Waals surface area contributed by atoms with Gasteiger partial charge < -0.3 is 10.1 Å². The molecule has 0 radical (unpaired) electrons. The van der Waals surface area contributed by atoms with Gasteiger partial charge in [0.25, 0.3) is 5.91 Å². The number of nitrogens with one attached hydrogen (secondary N) is 1. The lowest BCUT2D eigenvalue weighted by atomic mass is 10.1. The number of rotatable bonds is 4. The van der Waals surface area contributed by atoms with E-state index in [0.29, 0.717) is 25.2 Å². The minimum absolute atomic E-state index is 0.169. The van der Waals surface area contributed by atoms with Crippen molar-refractivity contribution in [1.82, 2.24) is 15.1 Å². The summed E-state index contributed by atoms with van der Waals surface area (Å²) in [5, 5.41) is 6.15. The van der Waals surface area contributed by atoms with Gasteiger partial charge in [0.2, 0.25) is 0 Å². The molecule has 0 aliphatic carbocycles. The van der Waals surface area contributed by atoms with E-state index in [4.69, 9.17) is 4.74 Å². The first-order chi connectivity index (χ1) is 9.95. The first-order valence-corrected chi connectivity index (χ1v) is 7.20. The zero-order valence-electron chi connectivity index (χ0n) is 11.2. The maximum Gasteiger partial charge on any atom is 0.433 e. The van der Waals surface area contributed by atoms with Crippen LogP contribution >= 0.6 is 12.6 Å². The highest BCUT2D eigenvalue weighted by atomic mass is 32.1. The largest absolute Gasteiger partial charge is 0.433 e. The SMILES string of the molecule is O=C(NCCS)c1cnn(C2CCCOC2)c1C(F)(F)F. The summed E-state index contributed by atoms with van der Waals surface area (Å²) in [6.07, 6.45) is -2.47. The molecule has 1 amide bonds. The van der Waals surface area contributed by atoms with Crippen LogP contribution in [0.1, 0.15) is 34.9 Å². The molecule has 1 unspecified atom stereocenters. The van der Waals surface area contributed by atoms with Gasteiger partial charge in [-0.2, -0.15) is 30.9 Å². The van der Waals surface area contributed by atoms with Crippen LogP contribution in [-0.4, -0.2) is 41.2 Å². The average molecular weight is 323 g/mol. The van der Waals surface area contributed by atoms with Gasteiger partial charge in [0.05, 0.1) is 24.4 Å². The molecule has 1 saturated heterocycles. The Morgan fingerprint density at radius 2 is 2.33 bits per heavy atom. The molecule has 21 heavy (non-hydrogen) atoms. The van der Waals surface area contributed by atoms with Crippen LogP contribution in [0.5, 0.6) is 0 Å². The van der Waals surface area contributed by atoms with E-state index >= 15 is 0 Å². The summed E-state index contributed by atoms with van der Waals surface area (Å²) in [6, 6.07) is -0.498. The first-order valence-electron chi connectivity index (χ1n) is 6.56. The molecule has 1 aliphatic rings. The van der Waals surface area contributed by atoms with E-state index in [2.05, 4.69) is 23.0 Å². The molecule has 1 aliphatic heterocycles. The zero-order valence-corrected chi connectivity index (χ0v) is 12.1. The highest BCUT2D eigenvalue weighted by Gasteiger charge is 2.41. The van der Waals surface area contributed by atoms with Crippen LogP contribution in [-0.2, 0) is 10.9 Å². The molecular formula is C12H16F3N3O2S. The molecule has 1 N–H and O–H groups in total. The Morgan fingerprint density at radius 3 is 2.90 bits per heavy atom. The number of aromatic nitrogens is 2. The number of alkyl halides is 3. The van der Waals surface area contributed by atoms with Gasteiger partial charge in [-0.1, -0.05) is 0 Å². The van der Waals surface area contributed by atoms with Gasteiger partial charge in [0.1, 0.15) is 0 Å². The van der Waals surface area contributed by atoms with Crippen molar-refractivity contribution in [3.05, 3.63) is 17.5 Å². The van der Waals surface area contributed by atoms with Crippen LogP contribution in [0.15, 0.2) is 6.20 Å². The third-order valence-electron chi connectivity index (χ3n) is 3.19. The minimum atomic E-state index is -4.65. The Balaban J connectivity index is 2.33. The molecule has 1 aromatic heterocycles. The summed E-state index contributed by atoms with van der Waals surface area (Å²) in [6.45, 7) is 0.897. The number of ether oxygens (including phenoxy) is 1. The lowest BCUT2D eigenvalue weighted by Crippen LogP contribution is -2.30. The van der Waals surface area contributed by atoms with Crippen molar-refractivity contribution >= 4 is 18.5 Å². The number of hydrogen-bond donors (Lipinski definition) is 2. The Bertz CT molecular complexity index is 498. The summed E-state index contributed by atoms with van der Waals surface area (Å²) in [4.78, 5) is 11.8. The highest BCUT2D eigenvalue weighted by molar-refractivity contribution is 7.80. The number of thiol groups is 1. The van der Waals surface area contributed by atoms with Crippen molar-refractivity contribution in [3.8, 4) is 0 Å². The molecule has 2 rings (SSSR count). The van der Waals surface area contributed by atoms with Gasteiger partial charge in [-0.3, -0.25) is 9.48 Å². The molecule has 0 spiro atoms. The lowest BCUT2D eigenvalue weighted by molar-refractivity contribution is -0.146. The van der Waals surface area contributed by atoms with Gasteiger partial charge in [-0.25, -0.2) is 0 Å². The third-order valence-corrected chi connectivity index (χ3v) is 3.41. The van der Waals surface area contributed by atoms with Crippen molar-refractivity contribution in [3.63, 3.8) is 0 Å². The number of halogens is 3. The Morgan fingerprint density at radius 1 is 1.57 bits per heavy atom. The van der Waals surface area contributed by atoms with Crippen molar-refractivity contribution in [2.24, 2.45) is 0 Å². The second kappa shape index (κ2) is 6.69. The minimum Gasteiger partial charge on any atom is -0.379 e. The molecular weight excluding hydrogens is 307 g/mol. The molecule has 2 heterocycles. The molecule has 0 bridgehead atoms. The summed E-state index contributed by atoms with van der Waals surface area (Å²) in [5.41, 5.74) is -1.48. The van der Waals surface area contributed by atoms with Gasteiger partial charge >= 0.3 is 6.18 Å². The quantitative estimate of drug-likeness (QED) is 0.832. The van der Waals surface area contributed by atoms with Crippen molar-refractivity contribution in [1.29, 1.82) is 0 Å². The van der Waals surface area contributed by atoms with E-state index in [1.165, 1.54) is 0 Å². The summed E-state index contributed by atoms with van der Waals surface area (Å²) < 4.78 is 45.9. The van der Waals surface area contributed by atoms with Crippen LogP contribution in [0.25, 0.3) is 0 Å². The van der Waals surface area contributed by atoms with Crippen molar-refractivity contribution < 1.29 is 22.7 Å². The van der Waals surface area contributed by atoms with Crippen LogP contribution in [0, 0.1) is 0 Å². The fourth-order valence-corrected chi connectivity index (χ4v) is 2.38. The van der Waals surface area contributed by atoms with Crippen LogP contribution in [0.4, 0.5) is 13.2 Å². The predicted molar refractivity (Wildman–Crippen MR) is 72.5 cm³/mol. The number of amides is 1. The van der Waals surface area contributed by atoms with E-state index < -0.39 is 29.4 Å². The van der Waals surface area contributed by atoms with E-state index in [1.54, 1.807) is 0 Å².